The summed E-state index contributed by atoms with van der Waals surface area (Å²) < 4.78 is 4.50. The summed E-state index contributed by atoms with van der Waals surface area (Å²) in [7, 11) is 0. The molecule has 7 aromatic carbocycles. The molecule has 0 spiro atoms. The smallest absolute Gasteiger partial charge is 0.0991 e. The summed E-state index contributed by atoms with van der Waals surface area (Å²) >= 11 is 0. The van der Waals surface area contributed by atoms with E-state index >= 15 is 0 Å². The molecule has 0 saturated heterocycles. The molecule has 230 valence electrons. The van der Waals surface area contributed by atoms with Crippen LogP contribution in [-0.4, -0.2) is 9.13 Å². The lowest BCUT2D eigenvalue weighted by Crippen LogP contribution is -1.98. The number of hydrogen-bond acceptors (Lipinski definition) is 3. The average molecular weight is 636 g/mol. The van der Waals surface area contributed by atoms with E-state index in [2.05, 4.69) is 130 Å². The van der Waals surface area contributed by atoms with Crippen molar-refractivity contribution in [3.05, 3.63) is 168 Å². The van der Waals surface area contributed by atoms with Gasteiger partial charge in [-0.25, -0.2) is 0 Å². The van der Waals surface area contributed by atoms with Crippen molar-refractivity contribution in [2.75, 3.05) is 0 Å². The third-order valence-electron chi connectivity index (χ3n) is 9.62. The molecule has 0 aliphatic heterocycles. The monoisotopic (exact) mass is 635 g/mol. The maximum absolute atomic E-state index is 9.96. The van der Waals surface area contributed by atoms with Crippen molar-refractivity contribution in [1.82, 2.24) is 9.13 Å². The molecular formula is C45H25N5. The number of fused-ring (bicyclic) bond motifs is 6. The number of nitriles is 3. The van der Waals surface area contributed by atoms with Crippen LogP contribution in [0.15, 0.2) is 152 Å². The van der Waals surface area contributed by atoms with Crippen molar-refractivity contribution >= 4 is 43.6 Å². The van der Waals surface area contributed by atoms with Gasteiger partial charge >= 0.3 is 0 Å². The molecule has 0 N–H and O–H groups in total. The molecule has 5 nitrogen and oxygen atoms in total. The Morgan fingerprint density at radius 3 is 1.46 bits per heavy atom. The van der Waals surface area contributed by atoms with Crippen LogP contribution in [-0.2, 0) is 0 Å². The van der Waals surface area contributed by atoms with E-state index in [1.165, 1.54) is 10.8 Å². The molecule has 0 amide bonds. The molecule has 0 radical (unpaired) electrons. The van der Waals surface area contributed by atoms with Crippen LogP contribution in [0.25, 0.3) is 77.2 Å². The Morgan fingerprint density at radius 2 is 0.860 bits per heavy atom. The summed E-state index contributed by atoms with van der Waals surface area (Å²) in [5, 5.41) is 33.4. The lowest BCUT2D eigenvalue weighted by atomic mass is 9.92. The highest BCUT2D eigenvalue weighted by Crippen LogP contribution is 2.41. The zero-order valence-corrected chi connectivity index (χ0v) is 26.7. The van der Waals surface area contributed by atoms with E-state index in [4.69, 9.17) is 0 Å². The van der Waals surface area contributed by atoms with Crippen molar-refractivity contribution in [3.8, 4) is 51.8 Å². The minimum atomic E-state index is 0.570. The normalized spacial score (nSPS) is 11.1. The largest absolute Gasteiger partial charge is 0.309 e. The van der Waals surface area contributed by atoms with E-state index in [0.29, 0.717) is 16.7 Å². The van der Waals surface area contributed by atoms with Gasteiger partial charge in [0.1, 0.15) is 0 Å². The first-order chi connectivity index (χ1) is 24.7. The molecule has 9 aromatic rings. The number of rotatable bonds is 4. The average Bonchev–Trinajstić information content (AvgIpc) is 3.69. The maximum atomic E-state index is 9.96. The molecule has 0 aliphatic carbocycles. The van der Waals surface area contributed by atoms with Gasteiger partial charge in [0.15, 0.2) is 0 Å². The van der Waals surface area contributed by atoms with Gasteiger partial charge < -0.3 is 9.13 Å². The molecule has 9 rings (SSSR count). The van der Waals surface area contributed by atoms with E-state index < -0.39 is 0 Å². The molecule has 0 atom stereocenters. The van der Waals surface area contributed by atoms with Crippen LogP contribution in [0.2, 0.25) is 0 Å². The SMILES string of the molecule is N#Cc1ccc(-c2ccccc2-n2c3ccccc3c3ccccc32)c(-c2ccc(-n3c4ccc(C#N)cc4c4cc(C#N)ccc43)cc2)c1. The topological polar surface area (TPSA) is 81.2 Å². The Labute approximate surface area is 287 Å². The van der Waals surface area contributed by atoms with Gasteiger partial charge in [-0.3, -0.25) is 0 Å². The van der Waals surface area contributed by atoms with Gasteiger partial charge in [-0.1, -0.05) is 72.8 Å². The lowest BCUT2D eigenvalue weighted by Gasteiger charge is -2.17. The van der Waals surface area contributed by atoms with E-state index in [1.807, 2.05) is 48.5 Å². The van der Waals surface area contributed by atoms with Crippen LogP contribution < -0.4 is 0 Å². The summed E-state index contributed by atoms with van der Waals surface area (Å²) in [6, 6.07) is 58.0. The summed E-state index contributed by atoms with van der Waals surface area (Å²) in [6.07, 6.45) is 0. The molecule has 5 heteroatoms. The zero-order valence-electron chi connectivity index (χ0n) is 26.7. The Bertz CT molecular complexity index is 2830. The number of aromatic nitrogens is 2. The van der Waals surface area contributed by atoms with E-state index in [-0.39, 0.29) is 0 Å². The van der Waals surface area contributed by atoms with Crippen molar-refractivity contribution in [3.63, 3.8) is 0 Å². The van der Waals surface area contributed by atoms with E-state index in [1.54, 1.807) is 0 Å². The second kappa shape index (κ2) is 11.4. The highest BCUT2D eigenvalue weighted by atomic mass is 15.0. The van der Waals surface area contributed by atoms with Crippen LogP contribution in [0.4, 0.5) is 0 Å². The van der Waals surface area contributed by atoms with Crippen LogP contribution in [0, 0.1) is 34.0 Å². The Balaban J connectivity index is 1.23. The predicted octanol–water partition coefficient (Wildman–Crippen LogP) is 10.8. The molecule has 0 fully saturated rings. The minimum Gasteiger partial charge on any atom is -0.309 e. The number of benzene rings is 7. The summed E-state index contributed by atoms with van der Waals surface area (Å²) in [4.78, 5) is 0. The summed E-state index contributed by atoms with van der Waals surface area (Å²) in [5.74, 6) is 0. The summed E-state index contributed by atoms with van der Waals surface area (Å²) in [5.41, 5.74) is 11.9. The highest BCUT2D eigenvalue weighted by Gasteiger charge is 2.19. The fourth-order valence-corrected chi connectivity index (χ4v) is 7.40. The molecule has 2 heterocycles. The second-order valence-corrected chi connectivity index (χ2v) is 12.3. The molecular weight excluding hydrogens is 611 g/mol. The molecule has 2 aromatic heterocycles. The van der Waals surface area contributed by atoms with Gasteiger partial charge in [0.25, 0.3) is 0 Å². The first-order valence-electron chi connectivity index (χ1n) is 16.3. The highest BCUT2D eigenvalue weighted by molar-refractivity contribution is 6.11. The molecule has 0 unspecified atom stereocenters. The molecule has 50 heavy (non-hydrogen) atoms. The van der Waals surface area contributed by atoms with Gasteiger partial charge in [-0.2, -0.15) is 15.8 Å². The van der Waals surface area contributed by atoms with Crippen LogP contribution in [0.3, 0.4) is 0 Å². The summed E-state index contributed by atoms with van der Waals surface area (Å²) in [6.45, 7) is 0. The lowest BCUT2D eigenvalue weighted by molar-refractivity contribution is 1.18. The van der Waals surface area contributed by atoms with Crippen LogP contribution >= 0.6 is 0 Å². The maximum Gasteiger partial charge on any atom is 0.0991 e. The van der Waals surface area contributed by atoms with Crippen LogP contribution in [0.1, 0.15) is 16.7 Å². The second-order valence-electron chi connectivity index (χ2n) is 12.3. The fourth-order valence-electron chi connectivity index (χ4n) is 7.40. The first kappa shape index (κ1) is 28.8. The number of para-hydroxylation sites is 3. The van der Waals surface area contributed by atoms with Crippen molar-refractivity contribution in [2.24, 2.45) is 0 Å². The first-order valence-corrected chi connectivity index (χ1v) is 16.3. The van der Waals surface area contributed by atoms with Crippen molar-refractivity contribution in [1.29, 1.82) is 15.8 Å². The molecule has 0 bridgehead atoms. The van der Waals surface area contributed by atoms with E-state index in [0.717, 1.165) is 66.5 Å². The van der Waals surface area contributed by atoms with Gasteiger partial charge in [0.05, 0.1) is 62.7 Å². The Kier molecular flexibility index (Phi) is 6.56. The standard InChI is InChI=1S/C45H25N5/c46-26-29-13-20-34(35-7-1-4-10-41(35)50-42-11-5-2-8-36(42)37-9-3-6-12-43(37)50)38(23-29)32-16-18-33(19-17-32)49-44-21-14-30(27-47)24-39(44)40-25-31(28-48)15-22-45(40)49/h1-25H. The zero-order chi connectivity index (χ0) is 33.8. The van der Waals surface area contributed by atoms with Crippen molar-refractivity contribution in [2.45, 2.75) is 0 Å². The third kappa shape index (κ3) is 4.38. The minimum absolute atomic E-state index is 0.570. The van der Waals surface area contributed by atoms with Gasteiger partial charge in [-0.05, 0) is 95.6 Å². The Hall–Kier alpha value is -7.39. The van der Waals surface area contributed by atoms with Gasteiger partial charge in [0.2, 0.25) is 0 Å². The quantitative estimate of drug-likeness (QED) is 0.193. The van der Waals surface area contributed by atoms with Crippen LogP contribution in [0.5, 0.6) is 0 Å². The fraction of sp³-hybridized carbons (Fsp3) is 0. The van der Waals surface area contributed by atoms with E-state index in [9.17, 15) is 15.8 Å². The Morgan fingerprint density at radius 1 is 0.360 bits per heavy atom. The number of hydrogen-bond donors (Lipinski definition) is 0. The van der Waals surface area contributed by atoms with Gasteiger partial charge in [-0.15, -0.1) is 0 Å². The van der Waals surface area contributed by atoms with Gasteiger partial charge in [0, 0.05) is 32.8 Å². The third-order valence-corrected chi connectivity index (χ3v) is 9.62. The predicted molar refractivity (Wildman–Crippen MR) is 200 cm³/mol. The molecule has 0 aliphatic rings. The van der Waals surface area contributed by atoms with Crippen molar-refractivity contribution < 1.29 is 0 Å². The number of nitrogens with zero attached hydrogens (tertiary/aromatic N) is 5. The molecule has 0 saturated carbocycles.